The number of nitrogens with zero attached hydrogens (tertiary/aromatic N) is 2. The zero-order valence-corrected chi connectivity index (χ0v) is 11.0. The Morgan fingerprint density at radius 1 is 1.47 bits per heavy atom. The predicted molar refractivity (Wildman–Crippen MR) is 69.7 cm³/mol. The van der Waals surface area contributed by atoms with Gasteiger partial charge < -0.3 is 10.0 Å². The van der Waals surface area contributed by atoms with Gasteiger partial charge in [-0.1, -0.05) is 13.8 Å². The maximum absolute atomic E-state index is 10.7. The van der Waals surface area contributed by atoms with Crippen molar-refractivity contribution in [1.82, 2.24) is 9.88 Å². The van der Waals surface area contributed by atoms with Gasteiger partial charge in [-0.15, -0.1) is 11.8 Å². The number of hydrogen-bond acceptors (Lipinski definition) is 4. The molecule has 0 atom stereocenters. The smallest absolute Gasteiger partial charge is 0.354 e. The lowest BCUT2D eigenvalue weighted by atomic mass is 10.3. The van der Waals surface area contributed by atoms with Crippen molar-refractivity contribution in [2.24, 2.45) is 0 Å². The third kappa shape index (κ3) is 4.75. The van der Waals surface area contributed by atoms with Crippen molar-refractivity contribution in [3.63, 3.8) is 0 Å². The standard InChI is InChI=1S/C12H18N2O2S/c1-3-14(4-2)7-8-17-10-5-6-13-11(9-10)12(15)16/h5-6,9H,3-4,7-8H2,1-2H3,(H,15,16). The number of aromatic nitrogens is 1. The van der Waals surface area contributed by atoms with Gasteiger partial charge in [0.2, 0.25) is 0 Å². The largest absolute Gasteiger partial charge is 0.477 e. The highest BCUT2D eigenvalue weighted by Gasteiger charge is 2.05. The molecular weight excluding hydrogens is 236 g/mol. The highest BCUT2D eigenvalue weighted by Crippen LogP contribution is 2.17. The van der Waals surface area contributed by atoms with E-state index >= 15 is 0 Å². The summed E-state index contributed by atoms with van der Waals surface area (Å²) in [5.41, 5.74) is 0.109. The van der Waals surface area contributed by atoms with Gasteiger partial charge in [0.1, 0.15) is 5.69 Å². The Morgan fingerprint density at radius 2 is 2.18 bits per heavy atom. The van der Waals surface area contributed by atoms with E-state index in [0.29, 0.717) is 0 Å². The number of pyridine rings is 1. The molecule has 17 heavy (non-hydrogen) atoms. The van der Waals surface area contributed by atoms with E-state index in [2.05, 4.69) is 23.7 Å². The summed E-state index contributed by atoms with van der Waals surface area (Å²) in [7, 11) is 0. The van der Waals surface area contributed by atoms with Gasteiger partial charge in [0.25, 0.3) is 0 Å². The molecule has 0 aliphatic rings. The van der Waals surface area contributed by atoms with Crippen LogP contribution in [0.15, 0.2) is 23.2 Å². The molecule has 0 unspecified atom stereocenters. The van der Waals surface area contributed by atoms with E-state index in [1.807, 2.05) is 6.07 Å². The number of aromatic carboxylic acids is 1. The zero-order valence-electron chi connectivity index (χ0n) is 10.2. The predicted octanol–water partition coefficient (Wildman–Crippen LogP) is 2.21. The lowest BCUT2D eigenvalue weighted by Gasteiger charge is -2.17. The molecule has 1 aromatic rings. The van der Waals surface area contributed by atoms with E-state index < -0.39 is 5.97 Å². The topological polar surface area (TPSA) is 53.4 Å². The SMILES string of the molecule is CCN(CC)CCSc1ccnc(C(=O)O)c1. The molecule has 0 bridgehead atoms. The van der Waals surface area contributed by atoms with Gasteiger partial charge in [-0.2, -0.15) is 0 Å². The van der Waals surface area contributed by atoms with Crippen molar-refractivity contribution in [2.45, 2.75) is 18.7 Å². The summed E-state index contributed by atoms with van der Waals surface area (Å²) in [4.78, 5) is 17.8. The average Bonchev–Trinajstić information content (AvgIpc) is 2.35. The van der Waals surface area contributed by atoms with Gasteiger partial charge >= 0.3 is 5.97 Å². The Morgan fingerprint density at radius 3 is 2.76 bits per heavy atom. The molecule has 0 aromatic carbocycles. The van der Waals surface area contributed by atoms with Gasteiger partial charge in [0.05, 0.1) is 0 Å². The lowest BCUT2D eigenvalue weighted by Crippen LogP contribution is -2.25. The fourth-order valence-corrected chi connectivity index (χ4v) is 2.39. The van der Waals surface area contributed by atoms with Crippen LogP contribution in [0.3, 0.4) is 0 Å². The van der Waals surface area contributed by atoms with Gasteiger partial charge in [0, 0.05) is 23.4 Å². The summed E-state index contributed by atoms with van der Waals surface area (Å²) in [5, 5.41) is 8.82. The van der Waals surface area contributed by atoms with Crippen LogP contribution in [-0.2, 0) is 0 Å². The molecule has 0 amide bonds. The fraction of sp³-hybridized carbons (Fsp3) is 0.500. The summed E-state index contributed by atoms with van der Waals surface area (Å²) >= 11 is 1.67. The summed E-state index contributed by atoms with van der Waals surface area (Å²) in [5.74, 6) is -0.0127. The third-order valence-corrected chi connectivity index (χ3v) is 3.50. The van der Waals surface area contributed by atoms with E-state index in [1.165, 1.54) is 0 Å². The number of rotatable bonds is 7. The molecule has 0 spiro atoms. The molecular formula is C12H18N2O2S. The maximum atomic E-state index is 10.7. The molecule has 0 aliphatic carbocycles. The molecule has 0 aliphatic heterocycles. The van der Waals surface area contributed by atoms with Gasteiger partial charge in [0.15, 0.2) is 0 Å². The normalized spacial score (nSPS) is 10.8. The molecule has 94 valence electrons. The van der Waals surface area contributed by atoms with Crippen molar-refractivity contribution in [1.29, 1.82) is 0 Å². The zero-order chi connectivity index (χ0) is 12.7. The Bertz CT molecular complexity index is 367. The van der Waals surface area contributed by atoms with Crippen molar-refractivity contribution in [2.75, 3.05) is 25.4 Å². The number of carboxylic acids is 1. The van der Waals surface area contributed by atoms with Gasteiger partial charge in [-0.3, -0.25) is 0 Å². The van der Waals surface area contributed by atoms with E-state index in [9.17, 15) is 4.79 Å². The molecule has 0 saturated heterocycles. The van der Waals surface area contributed by atoms with Gasteiger partial charge in [-0.25, -0.2) is 9.78 Å². The monoisotopic (exact) mass is 254 g/mol. The number of carboxylic acid groups (broad SMARTS) is 1. The summed E-state index contributed by atoms with van der Waals surface area (Å²) in [6.45, 7) is 7.40. The molecule has 0 saturated carbocycles. The third-order valence-electron chi connectivity index (χ3n) is 2.52. The molecule has 0 fully saturated rings. The lowest BCUT2D eigenvalue weighted by molar-refractivity contribution is 0.0690. The van der Waals surface area contributed by atoms with E-state index in [4.69, 9.17) is 5.11 Å². The Hall–Kier alpha value is -1.07. The van der Waals surface area contributed by atoms with Crippen LogP contribution >= 0.6 is 11.8 Å². The number of carbonyl (C=O) groups is 1. The second-order valence-corrected chi connectivity index (χ2v) is 4.73. The first-order valence-electron chi connectivity index (χ1n) is 5.71. The van der Waals surface area contributed by atoms with Crippen LogP contribution in [0.1, 0.15) is 24.3 Å². The number of hydrogen-bond donors (Lipinski definition) is 1. The Kier molecular flexibility index (Phi) is 6.00. The summed E-state index contributed by atoms with van der Waals surface area (Å²) in [6, 6.07) is 3.47. The van der Waals surface area contributed by atoms with E-state index in [0.717, 1.165) is 30.3 Å². The minimum Gasteiger partial charge on any atom is -0.477 e. The van der Waals surface area contributed by atoms with Crippen LogP contribution in [0.2, 0.25) is 0 Å². The van der Waals surface area contributed by atoms with Crippen LogP contribution in [0.25, 0.3) is 0 Å². The van der Waals surface area contributed by atoms with Gasteiger partial charge in [-0.05, 0) is 25.2 Å². The van der Waals surface area contributed by atoms with Crippen LogP contribution in [0, 0.1) is 0 Å². The molecule has 1 rings (SSSR count). The first-order valence-corrected chi connectivity index (χ1v) is 6.70. The van der Waals surface area contributed by atoms with E-state index in [-0.39, 0.29) is 5.69 Å². The Labute approximate surface area is 106 Å². The Balaban J connectivity index is 2.46. The second-order valence-electron chi connectivity index (χ2n) is 3.56. The maximum Gasteiger partial charge on any atom is 0.354 e. The fourth-order valence-electron chi connectivity index (χ4n) is 1.45. The average molecular weight is 254 g/mol. The van der Waals surface area contributed by atoms with Crippen molar-refractivity contribution in [3.05, 3.63) is 24.0 Å². The quantitative estimate of drug-likeness (QED) is 0.756. The second kappa shape index (κ2) is 7.29. The first-order chi connectivity index (χ1) is 8.17. The van der Waals surface area contributed by atoms with Crippen molar-refractivity contribution in [3.8, 4) is 0 Å². The summed E-state index contributed by atoms with van der Waals surface area (Å²) < 4.78 is 0. The molecule has 1 heterocycles. The van der Waals surface area contributed by atoms with E-state index in [1.54, 1.807) is 24.0 Å². The highest BCUT2D eigenvalue weighted by molar-refractivity contribution is 7.99. The molecule has 5 heteroatoms. The van der Waals surface area contributed by atoms with Crippen LogP contribution in [-0.4, -0.2) is 46.3 Å². The minimum atomic E-state index is -0.976. The van der Waals surface area contributed by atoms with Crippen LogP contribution in [0.5, 0.6) is 0 Å². The molecule has 1 N–H and O–H groups in total. The first kappa shape index (κ1) is 14.0. The number of thioether (sulfide) groups is 1. The van der Waals surface area contributed by atoms with Crippen molar-refractivity contribution < 1.29 is 9.90 Å². The van der Waals surface area contributed by atoms with Crippen molar-refractivity contribution >= 4 is 17.7 Å². The van der Waals surface area contributed by atoms with Crippen LogP contribution < -0.4 is 0 Å². The molecule has 4 nitrogen and oxygen atoms in total. The molecule has 1 aromatic heterocycles. The van der Waals surface area contributed by atoms with Crippen LogP contribution in [0.4, 0.5) is 0 Å². The minimum absolute atomic E-state index is 0.109. The highest BCUT2D eigenvalue weighted by atomic mass is 32.2. The summed E-state index contributed by atoms with van der Waals surface area (Å²) in [6.07, 6.45) is 1.54. The molecule has 0 radical (unpaired) electrons.